The minimum atomic E-state index is 0.925. The van der Waals surface area contributed by atoms with Crippen LogP contribution in [0.2, 0.25) is 0 Å². The average molecular weight is 149 g/mol. The number of imidazole rings is 1. The van der Waals surface area contributed by atoms with Crippen molar-refractivity contribution in [3.05, 3.63) is 31.2 Å². The van der Waals surface area contributed by atoms with Gasteiger partial charge >= 0.3 is 0 Å². The highest BCUT2D eigenvalue weighted by atomic mass is 14.9. The van der Waals surface area contributed by atoms with E-state index in [-0.39, 0.29) is 0 Å². The minimum absolute atomic E-state index is 0.925. The van der Waals surface area contributed by atoms with Crippen molar-refractivity contribution in [2.75, 3.05) is 0 Å². The van der Waals surface area contributed by atoms with E-state index in [9.17, 15) is 0 Å². The molecule has 0 aliphatic carbocycles. The highest BCUT2D eigenvalue weighted by molar-refractivity contribution is 5.38. The molecule has 1 radical (unpaired) electrons. The van der Waals surface area contributed by atoms with Crippen molar-refractivity contribution in [3.63, 3.8) is 0 Å². The summed E-state index contributed by atoms with van der Waals surface area (Å²) in [5.74, 6) is 0.925. The molecule has 0 aromatic carbocycles. The Morgan fingerprint density at radius 1 is 1.64 bits per heavy atom. The van der Waals surface area contributed by atoms with E-state index in [0.29, 0.717) is 0 Å². The molecule has 59 valence electrons. The maximum Gasteiger partial charge on any atom is 0.129 e. The number of allylic oxidation sites excluding steroid dienone is 1. The van der Waals surface area contributed by atoms with Crippen LogP contribution in [0.25, 0.3) is 6.08 Å². The predicted octanol–water partition coefficient (Wildman–Crippen LogP) is 2.43. The van der Waals surface area contributed by atoms with Gasteiger partial charge in [-0.25, -0.2) is 4.98 Å². The highest BCUT2D eigenvalue weighted by Crippen LogP contribution is 1.98. The second-order valence-electron chi connectivity index (χ2n) is 2.37. The summed E-state index contributed by atoms with van der Waals surface area (Å²) >= 11 is 0. The Labute approximate surface area is 67.4 Å². The van der Waals surface area contributed by atoms with Crippen molar-refractivity contribution in [1.29, 1.82) is 0 Å². The summed E-state index contributed by atoms with van der Waals surface area (Å²) < 4.78 is 0. The molecule has 0 spiro atoms. The molecule has 0 fully saturated rings. The van der Waals surface area contributed by atoms with Gasteiger partial charge in [-0.15, -0.1) is 0 Å². The molecule has 1 aromatic rings. The van der Waals surface area contributed by atoms with Crippen LogP contribution in [0.3, 0.4) is 0 Å². The first-order valence-electron chi connectivity index (χ1n) is 3.88. The maximum absolute atomic E-state index is 4.06. The van der Waals surface area contributed by atoms with Gasteiger partial charge in [0.2, 0.25) is 0 Å². The third kappa shape index (κ3) is 3.03. The maximum atomic E-state index is 4.06. The lowest BCUT2D eigenvalue weighted by atomic mass is 10.2. The monoisotopic (exact) mass is 149 g/mol. The van der Waals surface area contributed by atoms with Crippen molar-refractivity contribution in [2.24, 2.45) is 0 Å². The lowest BCUT2D eigenvalue weighted by Gasteiger charge is -1.86. The van der Waals surface area contributed by atoms with Gasteiger partial charge in [-0.3, -0.25) is 0 Å². The SMILES string of the molecule is [CH2]CCC/C=C/c1ncc[nH]1. The number of nitrogens with zero attached hydrogens (tertiary/aromatic N) is 1. The zero-order valence-electron chi connectivity index (χ0n) is 6.59. The Hall–Kier alpha value is -1.05. The minimum Gasteiger partial charge on any atom is -0.345 e. The van der Waals surface area contributed by atoms with E-state index in [0.717, 1.165) is 25.1 Å². The van der Waals surface area contributed by atoms with Gasteiger partial charge in [-0.2, -0.15) is 0 Å². The summed E-state index contributed by atoms with van der Waals surface area (Å²) in [5, 5.41) is 0. The van der Waals surface area contributed by atoms with Crippen LogP contribution in [0.1, 0.15) is 25.1 Å². The molecule has 0 aliphatic rings. The molecule has 0 saturated carbocycles. The molecular weight excluding hydrogens is 136 g/mol. The van der Waals surface area contributed by atoms with E-state index in [1.165, 1.54) is 0 Å². The molecule has 11 heavy (non-hydrogen) atoms. The topological polar surface area (TPSA) is 28.7 Å². The predicted molar refractivity (Wildman–Crippen MR) is 46.8 cm³/mol. The summed E-state index contributed by atoms with van der Waals surface area (Å²) in [6.45, 7) is 3.76. The van der Waals surface area contributed by atoms with Crippen molar-refractivity contribution in [1.82, 2.24) is 9.97 Å². The van der Waals surface area contributed by atoms with E-state index in [2.05, 4.69) is 23.0 Å². The standard InChI is InChI=1S/C9H13N2/c1-2-3-4-5-6-9-10-7-8-11-9/h5-8H,1-4H2,(H,10,11)/b6-5+. The Morgan fingerprint density at radius 3 is 3.18 bits per heavy atom. The number of H-pyrrole nitrogens is 1. The largest absolute Gasteiger partial charge is 0.345 e. The van der Waals surface area contributed by atoms with Crippen molar-refractivity contribution in [3.8, 4) is 0 Å². The van der Waals surface area contributed by atoms with Crippen LogP contribution < -0.4 is 0 Å². The fraction of sp³-hybridized carbons (Fsp3) is 0.333. The average Bonchev–Trinajstić information content (AvgIpc) is 2.50. The zero-order valence-corrected chi connectivity index (χ0v) is 6.59. The second kappa shape index (κ2) is 4.72. The zero-order chi connectivity index (χ0) is 7.94. The number of unbranched alkanes of at least 4 members (excludes halogenated alkanes) is 2. The van der Waals surface area contributed by atoms with Gasteiger partial charge in [0.15, 0.2) is 0 Å². The molecule has 0 bridgehead atoms. The number of hydrogen-bond donors (Lipinski definition) is 1. The lowest BCUT2D eigenvalue weighted by molar-refractivity contribution is 0.868. The smallest absolute Gasteiger partial charge is 0.129 e. The van der Waals surface area contributed by atoms with E-state index in [1.54, 1.807) is 6.20 Å². The van der Waals surface area contributed by atoms with Gasteiger partial charge in [-0.1, -0.05) is 19.4 Å². The van der Waals surface area contributed by atoms with E-state index < -0.39 is 0 Å². The van der Waals surface area contributed by atoms with Crippen LogP contribution in [-0.4, -0.2) is 9.97 Å². The third-order valence-electron chi connectivity index (χ3n) is 1.42. The fourth-order valence-electron chi connectivity index (χ4n) is 0.826. The number of rotatable bonds is 4. The van der Waals surface area contributed by atoms with Gasteiger partial charge in [-0.05, 0) is 18.9 Å². The number of hydrogen-bond acceptors (Lipinski definition) is 1. The molecule has 2 heteroatoms. The van der Waals surface area contributed by atoms with Gasteiger partial charge in [0.25, 0.3) is 0 Å². The van der Waals surface area contributed by atoms with Crippen LogP contribution in [-0.2, 0) is 0 Å². The Morgan fingerprint density at radius 2 is 2.55 bits per heavy atom. The van der Waals surface area contributed by atoms with Crippen LogP contribution >= 0.6 is 0 Å². The van der Waals surface area contributed by atoms with E-state index >= 15 is 0 Å². The number of aromatic nitrogens is 2. The van der Waals surface area contributed by atoms with Crippen molar-refractivity contribution < 1.29 is 0 Å². The molecule has 0 atom stereocenters. The molecule has 1 aromatic heterocycles. The number of nitrogens with one attached hydrogen (secondary N) is 1. The fourth-order valence-corrected chi connectivity index (χ4v) is 0.826. The first-order valence-corrected chi connectivity index (χ1v) is 3.88. The van der Waals surface area contributed by atoms with Crippen LogP contribution in [0.5, 0.6) is 0 Å². The molecule has 0 unspecified atom stereocenters. The molecule has 2 nitrogen and oxygen atoms in total. The van der Waals surface area contributed by atoms with E-state index in [1.807, 2.05) is 12.3 Å². The summed E-state index contributed by atoms with van der Waals surface area (Å²) in [6, 6.07) is 0. The summed E-state index contributed by atoms with van der Waals surface area (Å²) in [6.07, 6.45) is 10.9. The lowest BCUT2D eigenvalue weighted by Crippen LogP contribution is -1.73. The molecule has 0 amide bonds. The third-order valence-corrected chi connectivity index (χ3v) is 1.42. The Balaban J connectivity index is 2.25. The molecule has 1 rings (SSSR count). The van der Waals surface area contributed by atoms with Gasteiger partial charge in [0, 0.05) is 12.4 Å². The van der Waals surface area contributed by atoms with Crippen molar-refractivity contribution in [2.45, 2.75) is 19.3 Å². The van der Waals surface area contributed by atoms with Gasteiger partial charge in [0.1, 0.15) is 5.82 Å². The van der Waals surface area contributed by atoms with Crippen LogP contribution in [0.4, 0.5) is 0 Å². The highest BCUT2D eigenvalue weighted by Gasteiger charge is 1.84. The molecule has 0 aliphatic heterocycles. The molecular formula is C9H13N2. The summed E-state index contributed by atoms with van der Waals surface area (Å²) in [5.41, 5.74) is 0. The van der Waals surface area contributed by atoms with Crippen molar-refractivity contribution >= 4 is 6.08 Å². The molecule has 1 N–H and O–H groups in total. The normalized spacial score (nSPS) is 11.0. The first kappa shape index (κ1) is 8.05. The second-order valence-corrected chi connectivity index (χ2v) is 2.37. The molecule has 1 heterocycles. The Kier molecular flexibility index (Phi) is 3.45. The Bertz CT molecular complexity index is 199. The summed E-state index contributed by atoms with van der Waals surface area (Å²) in [7, 11) is 0. The van der Waals surface area contributed by atoms with Gasteiger partial charge < -0.3 is 4.98 Å². The number of aromatic amines is 1. The quantitative estimate of drug-likeness (QED) is 0.654. The summed E-state index contributed by atoms with van der Waals surface area (Å²) in [4.78, 5) is 7.06. The first-order chi connectivity index (χ1) is 5.43. The van der Waals surface area contributed by atoms with Crippen LogP contribution in [0, 0.1) is 6.92 Å². The van der Waals surface area contributed by atoms with Crippen LogP contribution in [0.15, 0.2) is 18.5 Å². The van der Waals surface area contributed by atoms with E-state index in [4.69, 9.17) is 0 Å². The molecule has 0 saturated heterocycles. The van der Waals surface area contributed by atoms with Gasteiger partial charge in [0.05, 0.1) is 0 Å².